The lowest BCUT2D eigenvalue weighted by Gasteiger charge is -2.16. The van der Waals surface area contributed by atoms with E-state index in [0.29, 0.717) is 11.7 Å². The van der Waals surface area contributed by atoms with Crippen LogP contribution in [0.15, 0.2) is 4.52 Å². The maximum absolute atomic E-state index is 11.6. The number of nitrogens with two attached hydrogens (primary N) is 1. The molecule has 0 radical (unpaired) electrons. The molecule has 0 aromatic carbocycles. The summed E-state index contributed by atoms with van der Waals surface area (Å²) in [6.07, 6.45) is 0.871. The van der Waals surface area contributed by atoms with E-state index >= 15 is 0 Å². The Morgan fingerprint density at radius 3 is 2.81 bits per heavy atom. The summed E-state index contributed by atoms with van der Waals surface area (Å²) >= 11 is 0. The summed E-state index contributed by atoms with van der Waals surface area (Å²) in [4.78, 5) is 15.6. The molecule has 0 fully saturated rings. The van der Waals surface area contributed by atoms with Crippen LogP contribution in [-0.4, -0.2) is 22.1 Å². The topological polar surface area (TPSA) is 94.0 Å². The second kappa shape index (κ2) is 5.60. The van der Waals surface area contributed by atoms with Gasteiger partial charge in [-0.15, -0.1) is 0 Å². The van der Waals surface area contributed by atoms with Crippen LogP contribution < -0.4 is 11.1 Å². The highest BCUT2D eigenvalue weighted by Gasteiger charge is 2.19. The summed E-state index contributed by atoms with van der Waals surface area (Å²) in [6, 6.07) is -0.488. The SMILES string of the molecule is CCC(C)[C@H](N)C(=O)NCc1noc(C)n1. The van der Waals surface area contributed by atoms with Crippen molar-refractivity contribution in [1.82, 2.24) is 15.5 Å². The van der Waals surface area contributed by atoms with Crippen molar-refractivity contribution in [3.63, 3.8) is 0 Å². The van der Waals surface area contributed by atoms with Crippen molar-refractivity contribution in [2.75, 3.05) is 0 Å². The highest BCUT2D eigenvalue weighted by molar-refractivity contribution is 5.81. The summed E-state index contributed by atoms with van der Waals surface area (Å²) < 4.78 is 4.78. The Kier molecular flexibility index (Phi) is 4.42. The lowest BCUT2D eigenvalue weighted by atomic mass is 9.99. The maximum atomic E-state index is 11.6. The van der Waals surface area contributed by atoms with Crippen LogP contribution in [0.3, 0.4) is 0 Å². The number of rotatable bonds is 5. The van der Waals surface area contributed by atoms with Crippen LogP contribution in [0, 0.1) is 12.8 Å². The largest absolute Gasteiger partial charge is 0.347 e. The Bertz CT molecular complexity index is 350. The van der Waals surface area contributed by atoms with Crippen LogP contribution in [0.2, 0.25) is 0 Å². The standard InChI is InChI=1S/C10H18N4O2/c1-4-6(2)9(11)10(15)12-5-8-13-7(3)16-14-8/h6,9H,4-5,11H2,1-3H3,(H,12,15)/t6?,9-/m0/s1. The third-order valence-corrected chi connectivity index (χ3v) is 2.55. The predicted octanol–water partition coefficient (Wildman–Crippen LogP) is 0.368. The molecule has 1 aromatic rings. The molecule has 3 N–H and O–H groups in total. The van der Waals surface area contributed by atoms with E-state index in [4.69, 9.17) is 10.3 Å². The monoisotopic (exact) mass is 226 g/mol. The predicted molar refractivity (Wildman–Crippen MR) is 58.3 cm³/mol. The first-order valence-corrected chi connectivity index (χ1v) is 5.37. The first-order valence-electron chi connectivity index (χ1n) is 5.37. The molecular formula is C10H18N4O2. The fourth-order valence-corrected chi connectivity index (χ4v) is 1.21. The summed E-state index contributed by atoms with van der Waals surface area (Å²) in [5.41, 5.74) is 5.76. The molecular weight excluding hydrogens is 208 g/mol. The van der Waals surface area contributed by atoms with E-state index in [1.807, 2.05) is 13.8 Å². The second-order valence-corrected chi connectivity index (χ2v) is 3.86. The quantitative estimate of drug-likeness (QED) is 0.756. The molecule has 0 saturated heterocycles. The highest BCUT2D eigenvalue weighted by Crippen LogP contribution is 2.05. The number of nitrogens with one attached hydrogen (secondary N) is 1. The first kappa shape index (κ1) is 12.6. The summed E-state index contributed by atoms with van der Waals surface area (Å²) in [6.45, 7) is 5.90. The van der Waals surface area contributed by atoms with Gasteiger partial charge >= 0.3 is 0 Å². The number of amides is 1. The number of carbonyl (C=O) groups excluding carboxylic acids is 1. The normalized spacial score (nSPS) is 14.5. The maximum Gasteiger partial charge on any atom is 0.237 e. The zero-order chi connectivity index (χ0) is 12.1. The summed E-state index contributed by atoms with van der Waals surface area (Å²) in [5.74, 6) is 0.918. The fraction of sp³-hybridized carbons (Fsp3) is 0.700. The van der Waals surface area contributed by atoms with E-state index in [9.17, 15) is 4.79 Å². The zero-order valence-corrected chi connectivity index (χ0v) is 9.86. The molecule has 1 heterocycles. The fourth-order valence-electron chi connectivity index (χ4n) is 1.21. The van der Waals surface area contributed by atoms with Crippen molar-refractivity contribution in [2.24, 2.45) is 11.7 Å². The molecule has 2 atom stereocenters. The van der Waals surface area contributed by atoms with Gasteiger partial charge in [-0.25, -0.2) is 0 Å². The smallest absolute Gasteiger partial charge is 0.237 e. The van der Waals surface area contributed by atoms with Gasteiger partial charge in [0.05, 0.1) is 12.6 Å². The molecule has 90 valence electrons. The van der Waals surface area contributed by atoms with Gasteiger partial charge < -0.3 is 15.6 Å². The molecule has 16 heavy (non-hydrogen) atoms. The Hall–Kier alpha value is -1.43. The van der Waals surface area contributed by atoms with E-state index in [-0.39, 0.29) is 18.4 Å². The molecule has 1 rings (SSSR count). The lowest BCUT2D eigenvalue weighted by molar-refractivity contribution is -0.123. The molecule has 6 heteroatoms. The van der Waals surface area contributed by atoms with E-state index in [2.05, 4.69) is 15.5 Å². The average molecular weight is 226 g/mol. The molecule has 0 spiro atoms. The van der Waals surface area contributed by atoms with Crippen molar-refractivity contribution in [1.29, 1.82) is 0 Å². The van der Waals surface area contributed by atoms with Crippen LogP contribution in [0.5, 0.6) is 0 Å². The Morgan fingerprint density at radius 1 is 1.62 bits per heavy atom. The molecule has 0 bridgehead atoms. The molecule has 6 nitrogen and oxygen atoms in total. The number of aryl methyl sites for hydroxylation is 1. The van der Waals surface area contributed by atoms with Gasteiger partial charge in [-0.3, -0.25) is 4.79 Å². The Labute approximate surface area is 94.6 Å². The van der Waals surface area contributed by atoms with Crippen molar-refractivity contribution in [3.8, 4) is 0 Å². The number of nitrogens with zero attached hydrogens (tertiary/aromatic N) is 2. The molecule has 0 aliphatic rings. The Morgan fingerprint density at radius 2 is 2.31 bits per heavy atom. The zero-order valence-electron chi connectivity index (χ0n) is 9.86. The average Bonchev–Trinajstić information content (AvgIpc) is 2.69. The van der Waals surface area contributed by atoms with Crippen molar-refractivity contribution in [3.05, 3.63) is 11.7 Å². The number of hydrogen-bond acceptors (Lipinski definition) is 5. The molecule has 0 saturated carbocycles. The van der Waals surface area contributed by atoms with Crippen LogP contribution in [0.25, 0.3) is 0 Å². The lowest BCUT2D eigenvalue weighted by Crippen LogP contribution is -2.44. The van der Waals surface area contributed by atoms with Crippen molar-refractivity contribution < 1.29 is 9.32 Å². The summed E-state index contributed by atoms with van der Waals surface area (Å²) in [5, 5.41) is 6.35. The van der Waals surface area contributed by atoms with E-state index in [0.717, 1.165) is 6.42 Å². The van der Waals surface area contributed by atoms with Crippen LogP contribution >= 0.6 is 0 Å². The van der Waals surface area contributed by atoms with Gasteiger partial charge in [-0.1, -0.05) is 25.4 Å². The van der Waals surface area contributed by atoms with Gasteiger partial charge in [0, 0.05) is 6.92 Å². The highest BCUT2D eigenvalue weighted by atomic mass is 16.5. The minimum atomic E-state index is -0.488. The van der Waals surface area contributed by atoms with E-state index in [1.54, 1.807) is 6.92 Å². The number of carbonyl (C=O) groups is 1. The van der Waals surface area contributed by atoms with Crippen molar-refractivity contribution >= 4 is 5.91 Å². The summed E-state index contributed by atoms with van der Waals surface area (Å²) in [7, 11) is 0. The second-order valence-electron chi connectivity index (χ2n) is 3.86. The Balaban J connectivity index is 2.40. The van der Waals surface area contributed by atoms with E-state index in [1.165, 1.54) is 0 Å². The molecule has 0 aliphatic carbocycles. The van der Waals surface area contributed by atoms with Gasteiger partial charge in [0.2, 0.25) is 11.8 Å². The van der Waals surface area contributed by atoms with Gasteiger partial charge in [-0.05, 0) is 5.92 Å². The molecule has 1 unspecified atom stereocenters. The van der Waals surface area contributed by atoms with Crippen LogP contribution in [0.4, 0.5) is 0 Å². The minimum Gasteiger partial charge on any atom is -0.347 e. The first-order chi connectivity index (χ1) is 7.54. The van der Waals surface area contributed by atoms with E-state index < -0.39 is 6.04 Å². The third kappa shape index (κ3) is 3.30. The van der Waals surface area contributed by atoms with Gasteiger partial charge in [0.15, 0.2) is 5.82 Å². The van der Waals surface area contributed by atoms with Gasteiger partial charge in [0.25, 0.3) is 0 Å². The number of aromatic nitrogens is 2. The van der Waals surface area contributed by atoms with Gasteiger partial charge in [0.1, 0.15) is 0 Å². The molecule has 0 aliphatic heterocycles. The van der Waals surface area contributed by atoms with Crippen LogP contribution in [0.1, 0.15) is 32.0 Å². The van der Waals surface area contributed by atoms with Gasteiger partial charge in [-0.2, -0.15) is 4.98 Å². The molecule has 1 aromatic heterocycles. The molecule has 1 amide bonds. The minimum absolute atomic E-state index is 0.159. The third-order valence-electron chi connectivity index (χ3n) is 2.55. The van der Waals surface area contributed by atoms with Crippen LogP contribution in [-0.2, 0) is 11.3 Å². The number of hydrogen-bond donors (Lipinski definition) is 2. The van der Waals surface area contributed by atoms with Crippen molar-refractivity contribution in [2.45, 2.75) is 39.8 Å².